The summed E-state index contributed by atoms with van der Waals surface area (Å²) in [6.07, 6.45) is 3.80. The van der Waals surface area contributed by atoms with Gasteiger partial charge in [0.15, 0.2) is 11.6 Å². The Balaban J connectivity index is 0.00000280. The van der Waals surface area contributed by atoms with Crippen LogP contribution in [-0.2, 0) is 13.9 Å². The number of hydrogen-bond donors (Lipinski definition) is 1. The summed E-state index contributed by atoms with van der Waals surface area (Å²) < 4.78 is 55.6. The molecule has 39 heavy (non-hydrogen) atoms. The van der Waals surface area contributed by atoms with Crippen LogP contribution >= 0.6 is 8.18 Å². The normalized spacial score (nSPS) is 17.3. The number of methoxy groups -OCH3 is 1. The topological polar surface area (TPSA) is 111 Å². The molecule has 10 nitrogen and oxygen atoms in total. The monoisotopic (exact) mass is 578 g/mol. The minimum Gasteiger partial charge on any atom is -1.00 e. The maximum Gasteiger partial charge on any atom is 1.00 e. The average Bonchev–Trinajstić information content (AvgIpc) is 3.73. The van der Waals surface area contributed by atoms with Gasteiger partial charge in [-0.1, -0.05) is 0 Å². The number of rotatable bonds is 11. The number of fused-ring (bicyclic) bond motifs is 1. The minimum atomic E-state index is -2.39. The van der Waals surface area contributed by atoms with Gasteiger partial charge in [0.2, 0.25) is 5.43 Å². The number of aromatic carboxylic acids is 1. The van der Waals surface area contributed by atoms with Crippen molar-refractivity contribution in [1.29, 1.82) is 0 Å². The van der Waals surface area contributed by atoms with Crippen molar-refractivity contribution in [2.24, 2.45) is 0 Å². The number of hydrogen-bond acceptors (Lipinski definition) is 7. The average molecular weight is 579 g/mol. The van der Waals surface area contributed by atoms with Crippen molar-refractivity contribution >= 4 is 30.7 Å². The summed E-state index contributed by atoms with van der Waals surface area (Å²) in [5.74, 6) is -2.61. The Bertz CT molecular complexity index is 1360. The number of halogens is 2. The van der Waals surface area contributed by atoms with Crippen molar-refractivity contribution in [3.05, 3.63) is 45.3 Å². The van der Waals surface area contributed by atoms with E-state index < -0.39 is 36.8 Å². The third kappa shape index (κ3) is 6.70. The molecule has 14 heteroatoms. The molecule has 2 aliphatic rings. The summed E-state index contributed by atoms with van der Waals surface area (Å²) in [4.78, 5) is 32.5. The first-order valence-corrected chi connectivity index (χ1v) is 13.6. The Morgan fingerprint density at radius 1 is 1.31 bits per heavy atom. The summed E-state index contributed by atoms with van der Waals surface area (Å²) in [5, 5.41) is 9.44. The van der Waals surface area contributed by atoms with E-state index in [4.69, 9.17) is 14.1 Å². The number of aromatic nitrogens is 1. The molecule has 1 N–H and O–H groups in total. The van der Waals surface area contributed by atoms with Gasteiger partial charge in [0.05, 0.1) is 29.5 Å². The van der Waals surface area contributed by atoms with Crippen LogP contribution in [0.15, 0.2) is 28.5 Å². The molecule has 4 rings (SSSR count). The second-order valence-corrected chi connectivity index (χ2v) is 10.2. The maximum absolute atomic E-state index is 15.6. The second kappa shape index (κ2) is 13.6. The first-order chi connectivity index (χ1) is 18.2. The van der Waals surface area contributed by atoms with Crippen molar-refractivity contribution in [3.63, 3.8) is 0 Å². The molecule has 2 heterocycles. The van der Waals surface area contributed by atoms with Gasteiger partial charge in [0.1, 0.15) is 30.2 Å². The third-order valence-electron chi connectivity index (χ3n) is 6.54. The number of carboxylic acid groups (broad SMARTS) is 1. The van der Waals surface area contributed by atoms with Gasteiger partial charge < -0.3 is 20.7 Å². The first-order valence-electron chi connectivity index (χ1n) is 12.5. The van der Waals surface area contributed by atoms with E-state index in [-0.39, 0.29) is 80.2 Å². The Kier molecular flexibility index (Phi) is 11.0. The number of ether oxygens (including phenoxy) is 1. The molecule has 0 spiro atoms. The molecule has 1 aromatic carbocycles. The summed E-state index contributed by atoms with van der Waals surface area (Å²) in [6.45, 7) is 3.76. The molecule has 0 amide bonds. The van der Waals surface area contributed by atoms with Crippen LogP contribution in [0.1, 0.15) is 57.4 Å². The van der Waals surface area contributed by atoms with Gasteiger partial charge >= 0.3 is 43.7 Å². The number of benzene rings is 1. The van der Waals surface area contributed by atoms with Crippen LogP contribution in [0.2, 0.25) is 0 Å². The molecule has 1 aromatic heterocycles. The smallest absolute Gasteiger partial charge is 1.00 e. The van der Waals surface area contributed by atoms with E-state index in [0.29, 0.717) is 30.5 Å². The summed E-state index contributed by atoms with van der Waals surface area (Å²) in [5.41, 5.74) is -0.452. The zero-order valence-corrected chi connectivity index (χ0v) is 25.4. The van der Waals surface area contributed by atoms with Crippen molar-refractivity contribution in [2.75, 3.05) is 44.9 Å². The third-order valence-corrected chi connectivity index (χ3v) is 7.64. The Labute approximate surface area is 249 Å². The molecule has 208 valence electrons. The van der Waals surface area contributed by atoms with Crippen LogP contribution in [0.25, 0.3) is 10.9 Å². The fourth-order valence-corrected chi connectivity index (χ4v) is 5.51. The van der Waals surface area contributed by atoms with Gasteiger partial charge in [-0.05, 0) is 55.7 Å². The predicted octanol–water partition coefficient (Wildman–Crippen LogP) is 2.07. The number of carboxylic acids is 1. The molecule has 2 fully saturated rings. The Morgan fingerprint density at radius 3 is 2.62 bits per heavy atom. The van der Waals surface area contributed by atoms with Gasteiger partial charge in [0, 0.05) is 25.3 Å². The fourth-order valence-electron chi connectivity index (χ4n) is 4.71. The van der Waals surface area contributed by atoms with Gasteiger partial charge in [-0.3, -0.25) is 9.63 Å². The van der Waals surface area contributed by atoms with Crippen LogP contribution < -0.4 is 44.6 Å². The minimum absolute atomic E-state index is 0. The number of anilines is 1. The van der Waals surface area contributed by atoms with Crippen molar-refractivity contribution in [3.8, 4) is 5.75 Å². The number of carbonyl (C=O) groups is 1. The molecule has 2 aromatic rings. The standard InChI is InChI=1S/C25H30F2N3O7P.Na.H/c1-4-36-30(38(34)37-5-2)14-20(27)15-7-6-10-28(12-15)22-19(26)11-17-21(24(22)35-3)29(16-8-9-16)13-18(23(17)31)25(32)33;;/h11,13,16H,4-10,12,14H2,1-3H3;;/q;+1;-1/p+1. The molecule has 1 atom stereocenters. The maximum atomic E-state index is 15.6. The Hall–Kier alpha value is -1.92. The van der Waals surface area contributed by atoms with Crippen molar-refractivity contribution in [2.45, 2.75) is 45.6 Å². The van der Waals surface area contributed by atoms with Gasteiger partial charge in [-0.15, -0.1) is 4.52 Å². The number of piperidine rings is 1. The molecule has 1 saturated carbocycles. The molecule has 1 unspecified atom stereocenters. The van der Waals surface area contributed by atoms with Crippen molar-refractivity contribution < 1.29 is 68.3 Å². The molecule has 1 aliphatic heterocycles. The molecule has 0 radical (unpaired) electrons. The van der Waals surface area contributed by atoms with Crippen LogP contribution in [-0.4, -0.2) is 60.4 Å². The number of nitrogens with zero attached hydrogens (tertiary/aromatic N) is 3. The number of pyridine rings is 1. The van der Waals surface area contributed by atoms with E-state index in [9.17, 15) is 19.3 Å². The largest absolute Gasteiger partial charge is 1.00 e. The second-order valence-electron chi connectivity index (χ2n) is 9.07. The van der Waals surface area contributed by atoms with Crippen LogP contribution in [0.5, 0.6) is 5.75 Å². The van der Waals surface area contributed by atoms with E-state index in [1.165, 1.54) is 13.3 Å². The van der Waals surface area contributed by atoms with Gasteiger partial charge in [0.25, 0.3) is 0 Å². The van der Waals surface area contributed by atoms with E-state index in [1.807, 2.05) is 0 Å². The predicted molar refractivity (Wildman–Crippen MR) is 138 cm³/mol. The van der Waals surface area contributed by atoms with Crippen LogP contribution in [0.4, 0.5) is 14.5 Å². The van der Waals surface area contributed by atoms with Crippen LogP contribution in [0, 0.1) is 5.82 Å². The SMILES string of the molecule is CCON(CC(F)=C1CCCN(c2c(F)cc3c(=O)c(C(=O)O)cn(C4CC4)c3c2OC)C1)[P+](=O)OCC.[H-].[Na+]. The zero-order valence-electron chi connectivity index (χ0n) is 23.5. The molecular weight excluding hydrogens is 546 g/mol. The van der Waals surface area contributed by atoms with E-state index in [1.54, 1.807) is 23.3 Å². The summed E-state index contributed by atoms with van der Waals surface area (Å²) in [6, 6.07) is 1.01. The summed E-state index contributed by atoms with van der Waals surface area (Å²) >= 11 is 0. The van der Waals surface area contributed by atoms with Crippen molar-refractivity contribution in [1.82, 2.24) is 9.40 Å². The first kappa shape index (κ1) is 31.6. The molecule has 1 aliphatic carbocycles. The molecular formula is C25H32F2N3NaO7P+. The van der Waals surface area contributed by atoms with Crippen LogP contribution in [0.3, 0.4) is 0 Å². The quantitative estimate of drug-likeness (QED) is 0.244. The van der Waals surface area contributed by atoms with E-state index in [0.717, 1.165) is 23.7 Å². The molecule has 1 saturated heterocycles. The molecule has 0 bridgehead atoms. The van der Waals surface area contributed by atoms with Gasteiger partial charge in [-0.25, -0.2) is 13.6 Å². The Morgan fingerprint density at radius 2 is 2.03 bits per heavy atom. The zero-order chi connectivity index (χ0) is 27.6. The van der Waals surface area contributed by atoms with E-state index in [2.05, 4.69) is 0 Å². The van der Waals surface area contributed by atoms with Gasteiger partial charge in [-0.2, -0.15) is 0 Å². The fraction of sp³-hybridized carbons (Fsp3) is 0.520. The van der Waals surface area contributed by atoms with E-state index >= 15 is 8.78 Å². The summed E-state index contributed by atoms with van der Waals surface area (Å²) in [7, 11) is -1.03. The number of hydroxylamine groups is 1.